The summed E-state index contributed by atoms with van der Waals surface area (Å²) in [6.45, 7) is 6.46. The van der Waals surface area contributed by atoms with Crippen LogP contribution in [-0.4, -0.2) is 37.2 Å². The van der Waals surface area contributed by atoms with Crippen LogP contribution >= 0.6 is 0 Å². The standard InChI is InChI=1S/C60H108O6/c1-4-7-10-13-15-17-19-21-22-23-24-25-26-27-28-29-30-31-32-33-34-35-36-37-38-39-41-42-44-47-50-53-59(62)65-56-57(55-64-58(61)52-49-46-12-9-6-3)66-60(63)54-51-48-45-43-40-20-18-16-14-11-8-5-2/h7,10,15,17,21-22,24-25,57H,4-6,8-9,11-14,16,18-20,23,26-56H2,1-3H3/b10-7-,17-15-,22-21-,25-24-. The molecule has 1 atom stereocenters. The molecule has 0 spiro atoms. The summed E-state index contributed by atoms with van der Waals surface area (Å²) in [5.74, 6) is -0.869. The molecule has 0 saturated carbocycles. The van der Waals surface area contributed by atoms with E-state index in [0.717, 1.165) is 89.9 Å². The molecular weight excluding hydrogens is 817 g/mol. The number of carbonyl (C=O) groups excluding carboxylic acids is 3. The van der Waals surface area contributed by atoms with Crippen LogP contribution in [0.2, 0.25) is 0 Å². The van der Waals surface area contributed by atoms with E-state index in [0.29, 0.717) is 19.3 Å². The molecule has 0 aliphatic heterocycles. The first-order valence-electron chi connectivity index (χ1n) is 28.6. The first kappa shape index (κ1) is 63.4. The molecule has 0 aliphatic rings. The van der Waals surface area contributed by atoms with Crippen molar-refractivity contribution in [1.29, 1.82) is 0 Å². The highest BCUT2D eigenvalue weighted by Crippen LogP contribution is 2.17. The Kier molecular flexibility index (Phi) is 52.8. The van der Waals surface area contributed by atoms with E-state index in [-0.39, 0.29) is 31.1 Å². The van der Waals surface area contributed by atoms with E-state index in [9.17, 15) is 14.4 Å². The molecule has 0 aromatic rings. The SMILES string of the molecule is CC/C=C\C/C=C\C/C=C\C/C=C\CCCCCCCCCCCCCCCCCCCCC(=O)OCC(COC(=O)CCCCCCC)OC(=O)CCCCCCCCCCCCCC. The van der Waals surface area contributed by atoms with Crippen molar-refractivity contribution in [2.45, 2.75) is 303 Å². The molecule has 0 N–H and O–H groups in total. The lowest BCUT2D eigenvalue weighted by atomic mass is 10.0. The van der Waals surface area contributed by atoms with E-state index >= 15 is 0 Å². The van der Waals surface area contributed by atoms with Gasteiger partial charge in [0, 0.05) is 19.3 Å². The van der Waals surface area contributed by atoms with Crippen molar-refractivity contribution >= 4 is 17.9 Å². The number of esters is 3. The van der Waals surface area contributed by atoms with Crippen LogP contribution in [0.15, 0.2) is 48.6 Å². The number of hydrogen-bond donors (Lipinski definition) is 0. The summed E-state index contributed by atoms with van der Waals surface area (Å²) in [6, 6.07) is 0. The zero-order chi connectivity index (χ0) is 47.9. The Morgan fingerprint density at radius 3 is 0.924 bits per heavy atom. The first-order chi connectivity index (χ1) is 32.5. The third-order valence-electron chi connectivity index (χ3n) is 12.6. The molecule has 384 valence electrons. The van der Waals surface area contributed by atoms with Crippen LogP contribution in [0.1, 0.15) is 297 Å². The second kappa shape index (κ2) is 55.0. The van der Waals surface area contributed by atoms with Gasteiger partial charge in [-0.2, -0.15) is 0 Å². The van der Waals surface area contributed by atoms with Gasteiger partial charge >= 0.3 is 17.9 Å². The van der Waals surface area contributed by atoms with E-state index in [1.54, 1.807) is 0 Å². The van der Waals surface area contributed by atoms with Gasteiger partial charge in [-0.25, -0.2) is 0 Å². The van der Waals surface area contributed by atoms with Gasteiger partial charge in [0.25, 0.3) is 0 Å². The summed E-state index contributed by atoms with van der Waals surface area (Å²) in [5.41, 5.74) is 0. The molecule has 0 heterocycles. The lowest BCUT2D eigenvalue weighted by Gasteiger charge is -2.18. The zero-order valence-electron chi connectivity index (χ0n) is 44.0. The van der Waals surface area contributed by atoms with E-state index in [1.165, 1.54) is 167 Å². The van der Waals surface area contributed by atoms with Gasteiger partial charge in [0.2, 0.25) is 0 Å². The van der Waals surface area contributed by atoms with Gasteiger partial charge in [0.15, 0.2) is 6.10 Å². The highest BCUT2D eigenvalue weighted by atomic mass is 16.6. The highest BCUT2D eigenvalue weighted by Gasteiger charge is 2.19. The van der Waals surface area contributed by atoms with Crippen LogP contribution in [0.25, 0.3) is 0 Å². The number of allylic oxidation sites excluding steroid dienone is 8. The average molecular weight is 926 g/mol. The quantitative estimate of drug-likeness (QED) is 0.0262. The summed E-state index contributed by atoms with van der Waals surface area (Å²) in [5, 5.41) is 0. The lowest BCUT2D eigenvalue weighted by Crippen LogP contribution is -2.30. The van der Waals surface area contributed by atoms with Crippen LogP contribution in [0.3, 0.4) is 0 Å². The van der Waals surface area contributed by atoms with Gasteiger partial charge in [-0.3, -0.25) is 14.4 Å². The molecule has 6 nitrogen and oxygen atoms in total. The molecular formula is C60H108O6. The Balaban J connectivity index is 3.90. The normalized spacial score (nSPS) is 12.3. The van der Waals surface area contributed by atoms with Crippen LogP contribution in [0.5, 0.6) is 0 Å². The Bertz CT molecular complexity index is 1150. The van der Waals surface area contributed by atoms with Gasteiger partial charge in [0.05, 0.1) is 0 Å². The van der Waals surface area contributed by atoms with E-state index in [4.69, 9.17) is 14.2 Å². The fraction of sp³-hybridized carbons (Fsp3) is 0.817. The van der Waals surface area contributed by atoms with Crippen molar-refractivity contribution in [3.8, 4) is 0 Å². The highest BCUT2D eigenvalue weighted by molar-refractivity contribution is 5.71. The maximum atomic E-state index is 12.7. The van der Waals surface area contributed by atoms with Gasteiger partial charge in [-0.05, 0) is 57.8 Å². The second-order valence-corrected chi connectivity index (χ2v) is 19.2. The summed E-state index contributed by atoms with van der Waals surface area (Å²) in [6.07, 6.45) is 67.4. The zero-order valence-corrected chi connectivity index (χ0v) is 44.0. The molecule has 0 amide bonds. The van der Waals surface area contributed by atoms with Crippen molar-refractivity contribution < 1.29 is 28.6 Å². The molecule has 0 aromatic heterocycles. The van der Waals surface area contributed by atoms with Crippen LogP contribution in [0.4, 0.5) is 0 Å². The average Bonchev–Trinajstić information content (AvgIpc) is 3.31. The lowest BCUT2D eigenvalue weighted by molar-refractivity contribution is -0.167. The van der Waals surface area contributed by atoms with E-state index < -0.39 is 6.10 Å². The molecule has 6 heteroatoms. The largest absolute Gasteiger partial charge is 0.462 e. The molecule has 0 bridgehead atoms. The fourth-order valence-corrected chi connectivity index (χ4v) is 8.32. The van der Waals surface area contributed by atoms with Crippen LogP contribution < -0.4 is 0 Å². The third kappa shape index (κ3) is 52.3. The van der Waals surface area contributed by atoms with Crippen molar-refractivity contribution in [1.82, 2.24) is 0 Å². The minimum atomic E-state index is -0.763. The topological polar surface area (TPSA) is 78.9 Å². The Morgan fingerprint density at radius 1 is 0.318 bits per heavy atom. The van der Waals surface area contributed by atoms with Gasteiger partial charge in [-0.1, -0.05) is 268 Å². The summed E-state index contributed by atoms with van der Waals surface area (Å²) in [4.78, 5) is 37.7. The number of rotatable bonds is 52. The smallest absolute Gasteiger partial charge is 0.306 e. The molecule has 0 rings (SSSR count). The number of carbonyl (C=O) groups is 3. The van der Waals surface area contributed by atoms with Crippen LogP contribution in [0, 0.1) is 0 Å². The number of ether oxygens (including phenoxy) is 3. The number of unbranched alkanes of at least 4 members (excludes halogenated alkanes) is 33. The predicted molar refractivity (Wildman–Crippen MR) is 284 cm³/mol. The molecule has 0 aromatic carbocycles. The maximum Gasteiger partial charge on any atom is 0.306 e. The number of hydrogen-bond acceptors (Lipinski definition) is 6. The third-order valence-corrected chi connectivity index (χ3v) is 12.6. The molecule has 66 heavy (non-hydrogen) atoms. The van der Waals surface area contributed by atoms with Gasteiger partial charge in [0.1, 0.15) is 13.2 Å². The molecule has 1 unspecified atom stereocenters. The van der Waals surface area contributed by atoms with Gasteiger partial charge < -0.3 is 14.2 Å². The fourth-order valence-electron chi connectivity index (χ4n) is 8.32. The van der Waals surface area contributed by atoms with Crippen LogP contribution in [-0.2, 0) is 28.6 Å². The van der Waals surface area contributed by atoms with Gasteiger partial charge in [-0.15, -0.1) is 0 Å². The Morgan fingerprint density at radius 2 is 0.591 bits per heavy atom. The van der Waals surface area contributed by atoms with E-state index in [2.05, 4.69) is 69.4 Å². The molecule has 0 aliphatic carbocycles. The monoisotopic (exact) mass is 925 g/mol. The Hall–Kier alpha value is -2.63. The summed E-state index contributed by atoms with van der Waals surface area (Å²) < 4.78 is 16.7. The minimum Gasteiger partial charge on any atom is -0.462 e. The molecule has 0 fully saturated rings. The minimum absolute atomic E-state index is 0.0680. The predicted octanol–water partition coefficient (Wildman–Crippen LogP) is 19.0. The van der Waals surface area contributed by atoms with E-state index in [1.807, 2.05) is 0 Å². The summed E-state index contributed by atoms with van der Waals surface area (Å²) >= 11 is 0. The Labute approximate surface area is 409 Å². The maximum absolute atomic E-state index is 12.7. The van der Waals surface area contributed by atoms with Crippen molar-refractivity contribution in [3.05, 3.63) is 48.6 Å². The van der Waals surface area contributed by atoms with Crippen molar-refractivity contribution in [2.75, 3.05) is 13.2 Å². The van der Waals surface area contributed by atoms with Crippen molar-refractivity contribution in [2.24, 2.45) is 0 Å². The van der Waals surface area contributed by atoms with Crippen molar-refractivity contribution in [3.63, 3.8) is 0 Å². The molecule has 0 radical (unpaired) electrons. The second-order valence-electron chi connectivity index (χ2n) is 19.2. The first-order valence-corrected chi connectivity index (χ1v) is 28.6. The summed E-state index contributed by atoms with van der Waals surface area (Å²) in [7, 11) is 0. The molecule has 0 saturated heterocycles.